The first-order chi connectivity index (χ1) is 7.27. The van der Waals surface area contributed by atoms with Crippen LogP contribution in [0.2, 0.25) is 0 Å². The van der Waals surface area contributed by atoms with Gasteiger partial charge in [0.15, 0.2) is 0 Å². The number of imidazole rings is 1. The zero-order valence-electron chi connectivity index (χ0n) is 8.43. The molecule has 0 atom stereocenters. The summed E-state index contributed by atoms with van der Waals surface area (Å²) in [7, 11) is 0. The minimum Gasteiger partial charge on any atom is -0.398 e. The van der Waals surface area contributed by atoms with Crippen molar-refractivity contribution in [3.05, 3.63) is 42.5 Å². The topological polar surface area (TPSA) is 69.9 Å². The number of aryl methyl sites for hydroxylation is 1. The van der Waals surface area contributed by atoms with Crippen molar-refractivity contribution in [1.29, 1.82) is 0 Å². The highest BCUT2D eigenvalue weighted by molar-refractivity contribution is 5.61. The summed E-state index contributed by atoms with van der Waals surface area (Å²) in [6.45, 7) is 0.846. The molecule has 1 aromatic carbocycles. The van der Waals surface area contributed by atoms with Crippen molar-refractivity contribution in [2.24, 2.45) is 0 Å². The number of benzene rings is 1. The van der Waals surface area contributed by atoms with E-state index >= 15 is 0 Å². The Morgan fingerprint density at radius 2 is 1.93 bits per heavy atom. The summed E-state index contributed by atoms with van der Waals surface area (Å²) in [4.78, 5) is 3.98. The van der Waals surface area contributed by atoms with Gasteiger partial charge >= 0.3 is 0 Å². The van der Waals surface area contributed by atoms with Gasteiger partial charge in [0.05, 0.1) is 6.33 Å². The molecule has 0 aliphatic rings. The highest BCUT2D eigenvalue weighted by Crippen LogP contribution is 2.19. The average Bonchev–Trinajstić information content (AvgIpc) is 2.70. The van der Waals surface area contributed by atoms with Crippen molar-refractivity contribution >= 4 is 11.4 Å². The molecule has 1 aromatic heterocycles. The van der Waals surface area contributed by atoms with Gasteiger partial charge in [-0.3, -0.25) is 0 Å². The molecule has 0 bridgehead atoms. The van der Waals surface area contributed by atoms with Crippen LogP contribution in [0.3, 0.4) is 0 Å². The van der Waals surface area contributed by atoms with E-state index in [0.29, 0.717) is 0 Å². The summed E-state index contributed by atoms with van der Waals surface area (Å²) in [5, 5.41) is 0. The van der Waals surface area contributed by atoms with E-state index in [4.69, 9.17) is 11.5 Å². The van der Waals surface area contributed by atoms with E-state index in [1.165, 1.54) is 0 Å². The SMILES string of the molecule is Nc1cccc(N)c1CCn1ccnc1. The summed E-state index contributed by atoms with van der Waals surface area (Å²) in [5.41, 5.74) is 14.3. The molecule has 0 saturated heterocycles. The second-order valence-corrected chi connectivity index (χ2v) is 3.47. The van der Waals surface area contributed by atoms with Gasteiger partial charge < -0.3 is 16.0 Å². The normalized spacial score (nSPS) is 10.4. The van der Waals surface area contributed by atoms with E-state index in [2.05, 4.69) is 4.98 Å². The van der Waals surface area contributed by atoms with Crippen molar-refractivity contribution in [3.63, 3.8) is 0 Å². The van der Waals surface area contributed by atoms with Crippen LogP contribution in [0.25, 0.3) is 0 Å². The summed E-state index contributed by atoms with van der Waals surface area (Å²) in [6, 6.07) is 5.62. The third-order valence-corrected chi connectivity index (χ3v) is 2.43. The molecule has 0 amide bonds. The number of anilines is 2. The van der Waals surface area contributed by atoms with Gasteiger partial charge in [0.25, 0.3) is 0 Å². The Hall–Kier alpha value is -1.97. The van der Waals surface area contributed by atoms with Crippen LogP contribution in [0, 0.1) is 0 Å². The molecule has 0 aliphatic heterocycles. The number of aromatic nitrogens is 2. The number of nitrogens with zero attached hydrogens (tertiary/aromatic N) is 2. The maximum atomic E-state index is 5.86. The highest BCUT2D eigenvalue weighted by atomic mass is 15.0. The lowest BCUT2D eigenvalue weighted by Gasteiger charge is -2.09. The van der Waals surface area contributed by atoms with Crippen molar-refractivity contribution in [2.75, 3.05) is 11.5 Å². The molecule has 0 radical (unpaired) electrons. The van der Waals surface area contributed by atoms with E-state index in [1.807, 2.05) is 29.0 Å². The predicted octanol–water partition coefficient (Wildman–Crippen LogP) is 1.29. The number of hydrogen-bond donors (Lipinski definition) is 2. The molecule has 4 N–H and O–H groups in total. The molecule has 15 heavy (non-hydrogen) atoms. The van der Waals surface area contributed by atoms with Crippen LogP contribution >= 0.6 is 0 Å². The van der Waals surface area contributed by atoms with Gasteiger partial charge in [0.1, 0.15) is 0 Å². The standard InChI is InChI=1S/C11H14N4/c12-10-2-1-3-11(13)9(10)4-6-15-7-5-14-8-15/h1-3,5,7-8H,4,6,12-13H2. The van der Waals surface area contributed by atoms with Crippen LogP contribution < -0.4 is 11.5 Å². The number of hydrogen-bond acceptors (Lipinski definition) is 3. The van der Waals surface area contributed by atoms with E-state index in [0.717, 1.165) is 29.9 Å². The number of rotatable bonds is 3. The molecule has 0 unspecified atom stereocenters. The second-order valence-electron chi connectivity index (χ2n) is 3.47. The second kappa shape index (κ2) is 4.04. The Balaban J connectivity index is 2.11. The molecule has 0 fully saturated rings. The van der Waals surface area contributed by atoms with Crippen molar-refractivity contribution in [1.82, 2.24) is 9.55 Å². The third kappa shape index (κ3) is 2.10. The van der Waals surface area contributed by atoms with Gasteiger partial charge in [-0.15, -0.1) is 0 Å². The van der Waals surface area contributed by atoms with Crippen molar-refractivity contribution in [3.8, 4) is 0 Å². The maximum absolute atomic E-state index is 5.86. The fourth-order valence-corrected chi connectivity index (χ4v) is 1.57. The molecule has 0 saturated carbocycles. The number of nitrogens with two attached hydrogens (primary N) is 2. The lowest BCUT2D eigenvalue weighted by molar-refractivity contribution is 0.697. The Morgan fingerprint density at radius 1 is 1.20 bits per heavy atom. The number of nitrogen functional groups attached to an aromatic ring is 2. The Labute approximate surface area is 88.5 Å². The summed E-state index contributed by atoms with van der Waals surface area (Å²) in [5.74, 6) is 0. The molecule has 2 aromatic rings. The smallest absolute Gasteiger partial charge is 0.0946 e. The third-order valence-electron chi connectivity index (χ3n) is 2.43. The zero-order valence-corrected chi connectivity index (χ0v) is 8.43. The van der Waals surface area contributed by atoms with Gasteiger partial charge in [0.2, 0.25) is 0 Å². The van der Waals surface area contributed by atoms with Crippen LogP contribution in [0.15, 0.2) is 36.9 Å². The van der Waals surface area contributed by atoms with Gasteiger partial charge in [-0.1, -0.05) is 6.07 Å². The first kappa shape index (κ1) is 9.58. The first-order valence-corrected chi connectivity index (χ1v) is 4.86. The van der Waals surface area contributed by atoms with E-state index in [-0.39, 0.29) is 0 Å². The van der Waals surface area contributed by atoms with Crippen LogP contribution in [-0.4, -0.2) is 9.55 Å². The fourth-order valence-electron chi connectivity index (χ4n) is 1.57. The first-order valence-electron chi connectivity index (χ1n) is 4.86. The lowest BCUT2D eigenvalue weighted by Crippen LogP contribution is -2.04. The maximum Gasteiger partial charge on any atom is 0.0946 e. The molecule has 0 spiro atoms. The highest BCUT2D eigenvalue weighted by Gasteiger charge is 2.03. The van der Waals surface area contributed by atoms with Crippen LogP contribution in [0.4, 0.5) is 11.4 Å². The van der Waals surface area contributed by atoms with Crippen LogP contribution in [-0.2, 0) is 13.0 Å². The fraction of sp³-hybridized carbons (Fsp3) is 0.182. The zero-order chi connectivity index (χ0) is 10.7. The van der Waals surface area contributed by atoms with Gasteiger partial charge in [-0.25, -0.2) is 4.98 Å². The minimum absolute atomic E-state index is 0.759. The van der Waals surface area contributed by atoms with Crippen LogP contribution in [0.1, 0.15) is 5.56 Å². The molecule has 0 aliphatic carbocycles. The lowest BCUT2D eigenvalue weighted by atomic mass is 10.1. The average molecular weight is 202 g/mol. The van der Waals surface area contributed by atoms with Gasteiger partial charge in [0, 0.05) is 30.3 Å². The van der Waals surface area contributed by atoms with E-state index < -0.39 is 0 Å². The van der Waals surface area contributed by atoms with Gasteiger partial charge in [-0.2, -0.15) is 0 Å². The van der Waals surface area contributed by atoms with Crippen molar-refractivity contribution < 1.29 is 0 Å². The Kier molecular flexibility index (Phi) is 2.58. The Bertz CT molecular complexity index is 414. The monoisotopic (exact) mass is 202 g/mol. The summed E-state index contributed by atoms with van der Waals surface area (Å²) in [6.07, 6.45) is 6.30. The molecule has 4 heteroatoms. The van der Waals surface area contributed by atoms with E-state index in [1.54, 1.807) is 12.5 Å². The summed E-state index contributed by atoms with van der Waals surface area (Å²) >= 11 is 0. The Morgan fingerprint density at radius 3 is 2.53 bits per heavy atom. The minimum atomic E-state index is 0.759. The predicted molar refractivity (Wildman–Crippen MR) is 61.2 cm³/mol. The molecule has 4 nitrogen and oxygen atoms in total. The molecule has 2 rings (SSSR count). The largest absolute Gasteiger partial charge is 0.398 e. The molecular formula is C11H14N4. The van der Waals surface area contributed by atoms with E-state index in [9.17, 15) is 0 Å². The van der Waals surface area contributed by atoms with Crippen LogP contribution in [0.5, 0.6) is 0 Å². The summed E-state index contributed by atoms with van der Waals surface area (Å²) < 4.78 is 2.01. The van der Waals surface area contributed by atoms with Gasteiger partial charge in [-0.05, 0) is 24.1 Å². The molecular weight excluding hydrogens is 188 g/mol. The molecule has 1 heterocycles. The van der Waals surface area contributed by atoms with Crippen molar-refractivity contribution in [2.45, 2.75) is 13.0 Å². The molecule has 78 valence electrons. The quantitative estimate of drug-likeness (QED) is 0.737.